The average Bonchev–Trinajstić information content (AvgIpc) is 3.27. The summed E-state index contributed by atoms with van der Waals surface area (Å²) in [6.45, 7) is 5.01. The van der Waals surface area contributed by atoms with Crippen molar-refractivity contribution in [3.05, 3.63) is 71.2 Å². The lowest BCUT2D eigenvalue weighted by Gasteiger charge is -2.25. The number of para-hydroxylation sites is 1. The Bertz CT molecular complexity index is 1190. The number of nitrogens with zero attached hydrogens (tertiary/aromatic N) is 3. The van der Waals surface area contributed by atoms with Crippen LogP contribution >= 0.6 is 11.3 Å². The molecule has 1 amide bonds. The van der Waals surface area contributed by atoms with Gasteiger partial charge in [-0.15, -0.1) is 11.3 Å². The molecule has 0 radical (unpaired) electrons. The van der Waals surface area contributed by atoms with Gasteiger partial charge in [0, 0.05) is 24.0 Å². The highest BCUT2D eigenvalue weighted by Gasteiger charge is 2.24. The number of thiazole rings is 1. The van der Waals surface area contributed by atoms with Gasteiger partial charge in [0.2, 0.25) is 0 Å². The predicted octanol–water partition coefficient (Wildman–Crippen LogP) is 4.60. The van der Waals surface area contributed by atoms with E-state index in [4.69, 9.17) is 0 Å². The number of sulfonamides is 1. The lowest BCUT2D eigenvalue weighted by molar-refractivity contribution is 0.102. The molecule has 1 aliphatic rings. The molecule has 9 heteroatoms. The Morgan fingerprint density at radius 1 is 1.09 bits per heavy atom. The fraction of sp³-hybridized carbons (Fsp3) is 0.333. The Labute approximate surface area is 199 Å². The van der Waals surface area contributed by atoms with Crippen molar-refractivity contribution in [2.75, 3.05) is 29.3 Å². The van der Waals surface area contributed by atoms with Gasteiger partial charge in [-0.2, -0.15) is 0 Å². The third-order valence-corrected chi connectivity index (χ3v) is 8.33. The molecule has 0 bridgehead atoms. The van der Waals surface area contributed by atoms with Crippen LogP contribution < -0.4 is 9.62 Å². The van der Waals surface area contributed by atoms with Crippen molar-refractivity contribution in [2.24, 2.45) is 0 Å². The van der Waals surface area contributed by atoms with Crippen molar-refractivity contribution in [1.29, 1.82) is 0 Å². The van der Waals surface area contributed by atoms with Crippen molar-refractivity contribution in [1.82, 2.24) is 9.88 Å². The summed E-state index contributed by atoms with van der Waals surface area (Å²) in [6.07, 6.45) is 3.71. The van der Waals surface area contributed by atoms with E-state index < -0.39 is 10.0 Å². The Balaban J connectivity index is 1.48. The molecular weight excluding hydrogens is 456 g/mol. The van der Waals surface area contributed by atoms with Gasteiger partial charge in [-0.3, -0.25) is 19.3 Å². The molecule has 1 fully saturated rings. The van der Waals surface area contributed by atoms with Gasteiger partial charge in [0.15, 0.2) is 5.13 Å². The average molecular weight is 485 g/mol. The van der Waals surface area contributed by atoms with E-state index in [1.54, 1.807) is 43.3 Å². The summed E-state index contributed by atoms with van der Waals surface area (Å²) >= 11 is 1.38. The second kappa shape index (κ2) is 10.5. The maximum absolute atomic E-state index is 13.3. The minimum absolute atomic E-state index is 0.0748. The minimum Gasteiger partial charge on any atom is -0.298 e. The number of amides is 1. The summed E-state index contributed by atoms with van der Waals surface area (Å²) in [4.78, 5) is 19.8. The van der Waals surface area contributed by atoms with Crippen molar-refractivity contribution >= 4 is 38.1 Å². The molecule has 1 aromatic heterocycles. The lowest BCUT2D eigenvalue weighted by Crippen LogP contribution is -2.31. The first-order chi connectivity index (χ1) is 16.0. The van der Waals surface area contributed by atoms with E-state index in [1.165, 1.54) is 47.0 Å². The van der Waals surface area contributed by atoms with Gasteiger partial charge < -0.3 is 0 Å². The summed E-state index contributed by atoms with van der Waals surface area (Å²) in [5.41, 5.74) is 1.79. The Morgan fingerprint density at radius 2 is 1.85 bits per heavy atom. The molecule has 174 valence electrons. The van der Waals surface area contributed by atoms with Gasteiger partial charge in [0.25, 0.3) is 15.9 Å². The molecule has 1 saturated heterocycles. The van der Waals surface area contributed by atoms with Crippen molar-refractivity contribution < 1.29 is 13.2 Å². The third kappa shape index (κ3) is 5.61. The maximum atomic E-state index is 13.3. The quantitative estimate of drug-likeness (QED) is 0.505. The summed E-state index contributed by atoms with van der Waals surface area (Å²) in [5.74, 6) is -0.381. The largest absolute Gasteiger partial charge is 0.298 e. The first-order valence-electron chi connectivity index (χ1n) is 11.1. The van der Waals surface area contributed by atoms with Crippen molar-refractivity contribution in [3.8, 4) is 0 Å². The smallest absolute Gasteiger partial charge is 0.264 e. The van der Waals surface area contributed by atoms with Crippen LogP contribution in [0.1, 0.15) is 42.2 Å². The number of carbonyl (C=O) groups is 1. The molecule has 0 saturated carbocycles. The lowest BCUT2D eigenvalue weighted by atomic mass is 10.1. The zero-order chi connectivity index (χ0) is 23.3. The van der Waals surface area contributed by atoms with E-state index in [0.717, 1.165) is 25.3 Å². The molecule has 0 atom stereocenters. The van der Waals surface area contributed by atoms with Gasteiger partial charge in [0.1, 0.15) is 0 Å². The molecule has 4 rings (SSSR count). The monoisotopic (exact) mass is 484 g/mol. The SMILES string of the molecule is CCN(c1ccccc1)S(=O)(=O)c1cccc(C(=O)Nc2nc(CN3CCCCC3)cs2)c1. The summed E-state index contributed by atoms with van der Waals surface area (Å²) < 4.78 is 27.9. The highest BCUT2D eigenvalue weighted by molar-refractivity contribution is 7.92. The molecule has 33 heavy (non-hydrogen) atoms. The van der Waals surface area contributed by atoms with Crippen LogP contribution in [-0.2, 0) is 16.6 Å². The number of hydrogen-bond donors (Lipinski definition) is 1. The zero-order valence-corrected chi connectivity index (χ0v) is 20.2. The van der Waals surface area contributed by atoms with Gasteiger partial charge in [0.05, 0.1) is 16.3 Å². The number of piperidine rings is 1. The van der Waals surface area contributed by atoms with Crippen LogP contribution in [-0.4, -0.2) is 43.8 Å². The van der Waals surface area contributed by atoms with Gasteiger partial charge in [-0.05, 0) is 63.2 Å². The van der Waals surface area contributed by atoms with E-state index in [-0.39, 0.29) is 22.9 Å². The van der Waals surface area contributed by atoms with Crippen LogP contribution in [0.25, 0.3) is 0 Å². The molecule has 0 spiro atoms. The van der Waals surface area contributed by atoms with Crippen LogP contribution in [0.3, 0.4) is 0 Å². The number of nitrogens with one attached hydrogen (secondary N) is 1. The van der Waals surface area contributed by atoms with Crippen LogP contribution in [0, 0.1) is 0 Å². The normalized spacial score (nSPS) is 14.7. The van der Waals surface area contributed by atoms with Crippen molar-refractivity contribution in [2.45, 2.75) is 37.6 Å². The topological polar surface area (TPSA) is 82.6 Å². The number of rotatable bonds is 8. The van der Waals surface area contributed by atoms with E-state index >= 15 is 0 Å². The van der Waals surface area contributed by atoms with E-state index in [0.29, 0.717) is 10.8 Å². The van der Waals surface area contributed by atoms with Crippen LogP contribution in [0.5, 0.6) is 0 Å². The molecule has 2 aromatic carbocycles. The van der Waals surface area contributed by atoms with Crippen LogP contribution in [0.15, 0.2) is 64.9 Å². The van der Waals surface area contributed by atoms with E-state index in [2.05, 4.69) is 15.2 Å². The number of hydrogen-bond acceptors (Lipinski definition) is 6. The molecular formula is C24H28N4O3S2. The van der Waals surface area contributed by atoms with Crippen molar-refractivity contribution in [3.63, 3.8) is 0 Å². The minimum atomic E-state index is -3.81. The van der Waals surface area contributed by atoms with E-state index in [9.17, 15) is 13.2 Å². The highest BCUT2D eigenvalue weighted by atomic mass is 32.2. The number of anilines is 2. The molecule has 1 N–H and O–H groups in total. The molecule has 7 nitrogen and oxygen atoms in total. The Kier molecular flexibility index (Phi) is 7.42. The van der Waals surface area contributed by atoms with Gasteiger partial charge in [-0.1, -0.05) is 30.7 Å². The molecule has 2 heterocycles. The first kappa shape index (κ1) is 23.4. The molecule has 0 unspecified atom stereocenters. The van der Waals surface area contributed by atoms with E-state index in [1.807, 2.05) is 11.4 Å². The third-order valence-electron chi connectivity index (χ3n) is 5.62. The van der Waals surface area contributed by atoms with Gasteiger partial charge in [-0.25, -0.2) is 13.4 Å². The van der Waals surface area contributed by atoms with Gasteiger partial charge >= 0.3 is 0 Å². The first-order valence-corrected chi connectivity index (χ1v) is 13.5. The Hall–Kier alpha value is -2.75. The van der Waals surface area contributed by atoms with Crippen LogP contribution in [0.4, 0.5) is 10.8 Å². The Morgan fingerprint density at radius 3 is 2.58 bits per heavy atom. The number of aromatic nitrogens is 1. The fourth-order valence-corrected chi connectivity index (χ4v) is 6.18. The number of carbonyl (C=O) groups excluding carboxylic acids is 1. The summed E-state index contributed by atoms with van der Waals surface area (Å²) in [5, 5.41) is 5.29. The zero-order valence-electron chi connectivity index (χ0n) is 18.6. The highest BCUT2D eigenvalue weighted by Crippen LogP contribution is 2.25. The summed E-state index contributed by atoms with van der Waals surface area (Å²) in [6, 6.07) is 15.1. The standard InChI is InChI=1S/C24H28N4O3S2/c1-2-28(21-11-5-3-6-12-21)33(30,31)22-13-9-10-19(16-22)23(29)26-24-25-20(18-32-24)17-27-14-7-4-8-15-27/h3,5-6,9-13,16,18H,2,4,7-8,14-15,17H2,1H3,(H,25,26,29). The fourth-order valence-electron chi connectivity index (χ4n) is 3.96. The predicted molar refractivity (Wildman–Crippen MR) is 132 cm³/mol. The second-order valence-corrected chi connectivity index (χ2v) is 10.7. The number of likely N-dealkylation sites (tertiary alicyclic amines) is 1. The second-order valence-electron chi connectivity index (χ2n) is 7.97. The molecule has 1 aliphatic heterocycles. The molecule has 3 aromatic rings. The summed E-state index contributed by atoms with van der Waals surface area (Å²) in [7, 11) is -3.81. The van der Waals surface area contributed by atoms with Crippen LogP contribution in [0.2, 0.25) is 0 Å². The molecule has 0 aliphatic carbocycles. The number of benzene rings is 2. The maximum Gasteiger partial charge on any atom is 0.264 e.